The quantitative estimate of drug-likeness (QED) is 0.600. The van der Waals surface area contributed by atoms with Crippen molar-refractivity contribution >= 4 is 11.8 Å². The molecule has 0 aromatic heterocycles. The number of phenolic OH excluding ortho intramolecular Hbond substituents is 1. The molecule has 0 radical (unpaired) electrons. The molecule has 0 unspecified atom stereocenters. The second-order valence-electron chi connectivity index (χ2n) is 2.28. The van der Waals surface area contributed by atoms with Gasteiger partial charge in [-0.25, -0.2) is 0 Å². The lowest BCUT2D eigenvalue weighted by molar-refractivity contribution is 0.474. The molecule has 0 heterocycles. The number of nitrogens with two attached hydrogens (primary N) is 1. The SMILES string of the molecule is C/C=C/c1c(N)cccc1O. The maximum absolute atomic E-state index is 9.29. The minimum absolute atomic E-state index is 0.225. The molecule has 11 heavy (non-hydrogen) atoms. The normalized spacial score (nSPS) is 10.6. The van der Waals surface area contributed by atoms with Crippen molar-refractivity contribution in [2.75, 3.05) is 5.73 Å². The molecule has 1 aromatic carbocycles. The highest BCUT2D eigenvalue weighted by molar-refractivity contribution is 5.69. The van der Waals surface area contributed by atoms with Gasteiger partial charge in [0.2, 0.25) is 0 Å². The van der Waals surface area contributed by atoms with Crippen molar-refractivity contribution < 1.29 is 5.11 Å². The number of benzene rings is 1. The van der Waals surface area contributed by atoms with Crippen molar-refractivity contribution in [3.63, 3.8) is 0 Å². The topological polar surface area (TPSA) is 46.2 Å². The molecule has 0 bridgehead atoms. The fourth-order valence-electron chi connectivity index (χ4n) is 0.919. The summed E-state index contributed by atoms with van der Waals surface area (Å²) in [6, 6.07) is 5.10. The van der Waals surface area contributed by atoms with Crippen LogP contribution in [0.1, 0.15) is 12.5 Å². The van der Waals surface area contributed by atoms with Crippen molar-refractivity contribution in [2.45, 2.75) is 6.92 Å². The lowest BCUT2D eigenvalue weighted by Crippen LogP contribution is -1.88. The van der Waals surface area contributed by atoms with Gasteiger partial charge in [-0.2, -0.15) is 0 Å². The summed E-state index contributed by atoms with van der Waals surface area (Å²) in [5, 5.41) is 9.29. The van der Waals surface area contributed by atoms with Crippen LogP contribution in [-0.4, -0.2) is 5.11 Å². The molecule has 0 spiro atoms. The van der Waals surface area contributed by atoms with Crippen LogP contribution in [0.25, 0.3) is 6.08 Å². The minimum atomic E-state index is 0.225. The van der Waals surface area contributed by atoms with Gasteiger partial charge in [-0.05, 0) is 19.1 Å². The monoisotopic (exact) mass is 149 g/mol. The second-order valence-corrected chi connectivity index (χ2v) is 2.28. The Labute approximate surface area is 66.0 Å². The Morgan fingerprint density at radius 1 is 1.45 bits per heavy atom. The molecule has 0 saturated carbocycles. The van der Waals surface area contributed by atoms with Gasteiger partial charge in [0.15, 0.2) is 0 Å². The van der Waals surface area contributed by atoms with Crippen molar-refractivity contribution in [1.29, 1.82) is 0 Å². The Balaban J connectivity index is 3.20. The van der Waals surface area contributed by atoms with Gasteiger partial charge < -0.3 is 10.8 Å². The zero-order valence-electron chi connectivity index (χ0n) is 6.41. The van der Waals surface area contributed by atoms with E-state index in [1.165, 1.54) is 0 Å². The Bertz CT molecular complexity index is 259. The van der Waals surface area contributed by atoms with Crippen molar-refractivity contribution in [3.05, 3.63) is 29.8 Å². The summed E-state index contributed by atoms with van der Waals surface area (Å²) in [6.45, 7) is 1.88. The van der Waals surface area contributed by atoms with Crippen LogP contribution in [0.15, 0.2) is 24.3 Å². The number of hydrogen-bond donors (Lipinski definition) is 2. The summed E-state index contributed by atoms with van der Waals surface area (Å²) >= 11 is 0. The average Bonchev–Trinajstić information content (AvgIpc) is 1.97. The highest BCUT2D eigenvalue weighted by atomic mass is 16.3. The van der Waals surface area contributed by atoms with E-state index in [1.807, 2.05) is 13.0 Å². The van der Waals surface area contributed by atoms with E-state index in [4.69, 9.17) is 5.73 Å². The van der Waals surface area contributed by atoms with E-state index in [2.05, 4.69) is 0 Å². The standard InChI is InChI=1S/C9H11NO/c1-2-4-7-8(10)5-3-6-9(7)11/h2-6,11H,10H2,1H3/b4-2+. The van der Waals surface area contributed by atoms with Crippen LogP contribution in [0.5, 0.6) is 5.75 Å². The summed E-state index contributed by atoms with van der Waals surface area (Å²) in [4.78, 5) is 0. The Morgan fingerprint density at radius 3 is 2.73 bits per heavy atom. The molecular weight excluding hydrogens is 138 g/mol. The van der Waals surface area contributed by atoms with Crippen molar-refractivity contribution in [3.8, 4) is 5.75 Å². The number of allylic oxidation sites excluding steroid dienone is 1. The van der Waals surface area contributed by atoms with E-state index in [9.17, 15) is 5.11 Å². The third-order valence-electron chi connectivity index (χ3n) is 1.45. The van der Waals surface area contributed by atoms with Crippen LogP contribution < -0.4 is 5.73 Å². The average molecular weight is 149 g/mol. The third-order valence-corrected chi connectivity index (χ3v) is 1.45. The molecule has 2 nitrogen and oxygen atoms in total. The number of aromatic hydroxyl groups is 1. The number of nitrogen functional groups attached to an aromatic ring is 1. The molecule has 58 valence electrons. The summed E-state index contributed by atoms with van der Waals surface area (Å²) in [6.07, 6.45) is 3.62. The van der Waals surface area contributed by atoms with E-state index in [-0.39, 0.29) is 5.75 Å². The molecule has 2 heteroatoms. The maximum atomic E-state index is 9.29. The molecular formula is C9H11NO. The van der Waals surface area contributed by atoms with Crippen LogP contribution in [0, 0.1) is 0 Å². The lowest BCUT2D eigenvalue weighted by atomic mass is 10.1. The summed E-state index contributed by atoms with van der Waals surface area (Å²) in [7, 11) is 0. The van der Waals surface area contributed by atoms with Crippen LogP contribution in [0.2, 0.25) is 0 Å². The van der Waals surface area contributed by atoms with Crippen LogP contribution >= 0.6 is 0 Å². The number of hydrogen-bond acceptors (Lipinski definition) is 2. The van der Waals surface area contributed by atoms with Crippen LogP contribution in [-0.2, 0) is 0 Å². The van der Waals surface area contributed by atoms with E-state index in [0.29, 0.717) is 11.3 Å². The molecule has 0 aliphatic carbocycles. The fraction of sp³-hybridized carbons (Fsp3) is 0.111. The summed E-state index contributed by atoms with van der Waals surface area (Å²) < 4.78 is 0. The Hall–Kier alpha value is -1.44. The van der Waals surface area contributed by atoms with Crippen molar-refractivity contribution in [2.24, 2.45) is 0 Å². The maximum Gasteiger partial charge on any atom is 0.124 e. The van der Waals surface area contributed by atoms with Crippen LogP contribution in [0.3, 0.4) is 0 Å². The summed E-state index contributed by atoms with van der Waals surface area (Å²) in [5.74, 6) is 0.225. The number of anilines is 1. The van der Waals surface area contributed by atoms with Gasteiger partial charge in [0.1, 0.15) is 5.75 Å². The van der Waals surface area contributed by atoms with Crippen molar-refractivity contribution in [1.82, 2.24) is 0 Å². The molecule has 0 aliphatic heterocycles. The number of rotatable bonds is 1. The van der Waals surface area contributed by atoms with Gasteiger partial charge in [0.05, 0.1) is 0 Å². The first kappa shape index (κ1) is 7.66. The molecule has 1 rings (SSSR count). The predicted molar refractivity (Wildman–Crippen MR) is 47.2 cm³/mol. The third kappa shape index (κ3) is 1.52. The van der Waals surface area contributed by atoms with Crippen LogP contribution in [0.4, 0.5) is 5.69 Å². The largest absolute Gasteiger partial charge is 0.507 e. The smallest absolute Gasteiger partial charge is 0.124 e. The highest BCUT2D eigenvalue weighted by Crippen LogP contribution is 2.23. The van der Waals surface area contributed by atoms with E-state index < -0.39 is 0 Å². The molecule has 0 saturated heterocycles. The van der Waals surface area contributed by atoms with E-state index in [0.717, 1.165) is 0 Å². The first-order valence-corrected chi connectivity index (χ1v) is 3.46. The lowest BCUT2D eigenvalue weighted by Gasteiger charge is -2.01. The first-order chi connectivity index (χ1) is 5.25. The highest BCUT2D eigenvalue weighted by Gasteiger charge is 1.98. The van der Waals surface area contributed by atoms with Gasteiger partial charge in [-0.15, -0.1) is 0 Å². The molecule has 1 aromatic rings. The zero-order valence-corrected chi connectivity index (χ0v) is 6.41. The van der Waals surface area contributed by atoms with Gasteiger partial charge in [-0.1, -0.05) is 18.2 Å². The van der Waals surface area contributed by atoms with E-state index in [1.54, 1.807) is 24.3 Å². The first-order valence-electron chi connectivity index (χ1n) is 3.46. The number of phenols is 1. The second kappa shape index (κ2) is 3.10. The van der Waals surface area contributed by atoms with Gasteiger partial charge in [-0.3, -0.25) is 0 Å². The Kier molecular flexibility index (Phi) is 2.16. The van der Waals surface area contributed by atoms with Gasteiger partial charge in [0, 0.05) is 11.3 Å². The molecule has 0 fully saturated rings. The molecule has 0 atom stereocenters. The van der Waals surface area contributed by atoms with E-state index >= 15 is 0 Å². The molecule has 0 aliphatic rings. The fourth-order valence-corrected chi connectivity index (χ4v) is 0.919. The van der Waals surface area contributed by atoms with Gasteiger partial charge in [0.25, 0.3) is 0 Å². The summed E-state index contributed by atoms with van der Waals surface area (Å²) in [5.41, 5.74) is 6.89. The minimum Gasteiger partial charge on any atom is -0.507 e. The Morgan fingerprint density at radius 2 is 2.18 bits per heavy atom. The predicted octanol–water partition coefficient (Wildman–Crippen LogP) is 2.01. The molecule has 3 N–H and O–H groups in total. The molecule has 0 amide bonds. The zero-order chi connectivity index (χ0) is 8.27. The van der Waals surface area contributed by atoms with Gasteiger partial charge >= 0.3 is 0 Å².